The number of carbonyl (C=O) groups is 1. The van der Waals surface area contributed by atoms with Gasteiger partial charge in [-0.05, 0) is 25.1 Å². The summed E-state index contributed by atoms with van der Waals surface area (Å²) in [5.74, 6) is -6.02. The summed E-state index contributed by atoms with van der Waals surface area (Å²) >= 11 is 5.67. The van der Waals surface area contributed by atoms with Crippen LogP contribution >= 0.6 is 11.6 Å². The third kappa shape index (κ3) is 2.85. The number of anilines is 1. The number of amides is 1. The first kappa shape index (κ1) is 15.3. The molecule has 0 atom stereocenters. The van der Waals surface area contributed by atoms with Gasteiger partial charge in [0.25, 0.3) is 5.91 Å². The zero-order valence-electron chi connectivity index (χ0n) is 10.6. The monoisotopic (exact) mass is 317 g/mol. The predicted molar refractivity (Wildman–Crippen MR) is 70.4 cm³/mol. The minimum Gasteiger partial charge on any atom is -0.317 e. The Kier molecular flexibility index (Phi) is 4.18. The Bertz CT molecular complexity index is 713. The Hall–Kier alpha value is -2.08. The topological polar surface area (TPSA) is 29.1 Å². The molecule has 0 heterocycles. The Labute approximate surface area is 122 Å². The lowest BCUT2D eigenvalue weighted by Gasteiger charge is -2.10. The maximum absolute atomic E-state index is 13.7. The number of para-hydroxylation sites is 1. The van der Waals surface area contributed by atoms with Gasteiger partial charge in [0.05, 0.1) is 5.56 Å². The van der Waals surface area contributed by atoms with Gasteiger partial charge in [-0.15, -0.1) is 0 Å². The van der Waals surface area contributed by atoms with Crippen molar-refractivity contribution in [2.45, 2.75) is 6.92 Å². The molecule has 0 aliphatic heterocycles. The third-order valence-electron chi connectivity index (χ3n) is 2.83. The van der Waals surface area contributed by atoms with Crippen molar-refractivity contribution in [3.8, 4) is 0 Å². The SMILES string of the molecule is Cc1c(Cl)cc(C(=O)Nc2c(F)cccc2F)c(F)c1F. The average molecular weight is 318 g/mol. The van der Waals surface area contributed by atoms with Crippen molar-refractivity contribution in [2.24, 2.45) is 0 Å². The van der Waals surface area contributed by atoms with E-state index in [1.807, 2.05) is 5.32 Å². The molecule has 21 heavy (non-hydrogen) atoms. The molecule has 0 bridgehead atoms. The van der Waals surface area contributed by atoms with Crippen LogP contribution in [0, 0.1) is 30.2 Å². The zero-order valence-corrected chi connectivity index (χ0v) is 11.4. The van der Waals surface area contributed by atoms with Crippen molar-refractivity contribution >= 4 is 23.2 Å². The second kappa shape index (κ2) is 5.73. The summed E-state index contributed by atoms with van der Waals surface area (Å²) in [5.41, 5.74) is -1.66. The molecule has 0 aliphatic carbocycles. The van der Waals surface area contributed by atoms with E-state index in [9.17, 15) is 22.4 Å². The van der Waals surface area contributed by atoms with Crippen LogP contribution in [-0.2, 0) is 0 Å². The van der Waals surface area contributed by atoms with Gasteiger partial charge in [0, 0.05) is 10.6 Å². The average Bonchev–Trinajstić information content (AvgIpc) is 2.44. The van der Waals surface area contributed by atoms with Crippen LogP contribution in [0.25, 0.3) is 0 Å². The van der Waals surface area contributed by atoms with E-state index in [-0.39, 0.29) is 10.6 Å². The first-order valence-corrected chi connectivity index (χ1v) is 6.10. The van der Waals surface area contributed by atoms with Gasteiger partial charge >= 0.3 is 0 Å². The molecule has 0 aliphatic rings. The molecule has 110 valence electrons. The van der Waals surface area contributed by atoms with Gasteiger partial charge in [0.15, 0.2) is 11.6 Å². The number of nitrogens with one attached hydrogen (secondary N) is 1. The van der Waals surface area contributed by atoms with Crippen LogP contribution in [0.2, 0.25) is 5.02 Å². The fourth-order valence-electron chi connectivity index (χ4n) is 1.65. The summed E-state index contributed by atoms with van der Waals surface area (Å²) in [5, 5.41) is 1.68. The summed E-state index contributed by atoms with van der Waals surface area (Å²) in [4.78, 5) is 11.8. The zero-order chi connectivity index (χ0) is 15.7. The Balaban J connectivity index is 2.42. The van der Waals surface area contributed by atoms with Gasteiger partial charge in [-0.1, -0.05) is 17.7 Å². The van der Waals surface area contributed by atoms with Crippen LogP contribution < -0.4 is 5.32 Å². The van der Waals surface area contributed by atoms with E-state index in [1.54, 1.807) is 0 Å². The molecule has 1 N–H and O–H groups in total. The van der Waals surface area contributed by atoms with Crippen molar-refractivity contribution < 1.29 is 22.4 Å². The van der Waals surface area contributed by atoms with Crippen molar-refractivity contribution in [3.63, 3.8) is 0 Å². The van der Waals surface area contributed by atoms with Crippen molar-refractivity contribution in [1.82, 2.24) is 0 Å². The highest BCUT2D eigenvalue weighted by Gasteiger charge is 2.21. The molecule has 0 unspecified atom stereocenters. The summed E-state index contributed by atoms with van der Waals surface area (Å²) in [6.45, 7) is 1.24. The van der Waals surface area contributed by atoms with E-state index in [0.29, 0.717) is 0 Å². The first-order valence-electron chi connectivity index (χ1n) is 5.72. The molecule has 2 nitrogen and oxygen atoms in total. The molecular formula is C14H8ClF4NO. The first-order chi connectivity index (χ1) is 9.82. The van der Waals surface area contributed by atoms with Crippen LogP contribution in [0.5, 0.6) is 0 Å². The van der Waals surface area contributed by atoms with Crippen LogP contribution in [0.15, 0.2) is 24.3 Å². The van der Waals surface area contributed by atoms with Gasteiger partial charge in [0.2, 0.25) is 0 Å². The summed E-state index contributed by atoms with van der Waals surface area (Å²) in [7, 11) is 0. The Morgan fingerprint density at radius 3 is 2.24 bits per heavy atom. The second-order valence-corrected chi connectivity index (χ2v) is 4.62. The summed E-state index contributed by atoms with van der Waals surface area (Å²) in [6.07, 6.45) is 0. The smallest absolute Gasteiger partial charge is 0.258 e. The molecule has 2 aromatic rings. The lowest BCUT2D eigenvalue weighted by molar-refractivity contribution is 0.102. The largest absolute Gasteiger partial charge is 0.317 e. The highest BCUT2D eigenvalue weighted by atomic mass is 35.5. The van der Waals surface area contributed by atoms with Gasteiger partial charge in [-0.25, -0.2) is 17.6 Å². The van der Waals surface area contributed by atoms with Crippen molar-refractivity contribution in [3.05, 3.63) is 63.7 Å². The van der Waals surface area contributed by atoms with Crippen LogP contribution in [0.4, 0.5) is 23.2 Å². The number of halogens is 5. The molecule has 2 rings (SSSR count). The van der Waals surface area contributed by atoms with E-state index in [1.165, 1.54) is 6.92 Å². The molecule has 0 spiro atoms. The third-order valence-corrected chi connectivity index (χ3v) is 3.23. The maximum atomic E-state index is 13.7. The molecular weight excluding hydrogens is 310 g/mol. The fraction of sp³-hybridized carbons (Fsp3) is 0.0714. The number of rotatable bonds is 2. The van der Waals surface area contributed by atoms with E-state index in [2.05, 4.69) is 0 Å². The van der Waals surface area contributed by atoms with Crippen molar-refractivity contribution in [1.29, 1.82) is 0 Å². The fourth-order valence-corrected chi connectivity index (χ4v) is 1.84. The number of hydrogen-bond acceptors (Lipinski definition) is 1. The summed E-state index contributed by atoms with van der Waals surface area (Å²) < 4.78 is 54.0. The normalized spacial score (nSPS) is 10.6. The molecule has 0 fully saturated rings. The van der Waals surface area contributed by atoms with Gasteiger partial charge in [-0.2, -0.15) is 0 Å². The molecule has 0 saturated heterocycles. The van der Waals surface area contributed by atoms with E-state index >= 15 is 0 Å². The van der Waals surface area contributed by atoms with Crippen molar-refractivity contribution in [2.75, 3.05) is 5.32 Å². The minimum atomic E-state index is -1.44. The number of hydrogen-bond donors (Lipinski definition) is 1. The maximum Gasteiger partial charge on any atom is 0.258 e. The van der Waals surface area contributed by atoms with Crippen LogP contribution in [-0.4, -0.2) is 5.91 Å². The molecule has 0 radical (unpaired) electrons. The quantitative estimate of drug-likeness (QED) is 0.643. The molecule has 2 aromatic carbocycles. The van der Waals surface area contributed by atoms with E-state index in [4.69, 9.17) is 11.6 Å². The lowest BCUT2D eigenvalue weighted by Crippen LogP contribution is -2.17. The van der Waals surface area contributed by atoms with Gasteiger partial charge in [-0.3, -0.25) is 4.79 Å². The molecule has 0 aromatic heterocycles. The highest BCUT2D eigenvalue weighted by molar-refractivity contribution is 6.31. The Morgan fingerprint density at radius 1 is 1.10 bits per heavy atom. The second-order valence-electron chi connectivity index (χ2n) is 4.21. The lowest BCUT2D eigenvalue weighted by atomic mass is 10.1. The Morgan fingerprint density at radius 2 is 1.67 bits per heavy atom. The standard InChI is InChI=1S/C14H8ClF4NO/c1-6-8(15)5-7(12(19)11(6)18)14(21)20-13-9(16)3-2-4-10(13)17/h2-5H,1H3,(H,20,21). The number of benzene rings is 2. The molecule has 0 saturated carbocycles. The predicted octanol–water partition coefficient (Wildman–Crippen LogP) is 4.46. The number of carbonyl (C=O) groups excluding carboxylic acids is 1. The van der Waals surface area contributed by atoms with Crippen LogP contribution in [0.3, 0.4) is 0 Å². The van der Waals surface area contributed by atoms with Gasteiger partial charge in [0.1, 0.15) is 17.3 Å². The molecule has 1 amide bonds. The minimum absolute atomic E-state index is 0.164. The molecule has 7 heteroatoms. The van der Waals surface area contributed by atoms with E-state index < -0.39 is 40.4 Å². The van der Waals surface area contributed by atoms with Gasteiger partial charge < -0.3 is 5.32 Å². The van der Waals surface area contributed by atoms with Crippen LogP contribution in [0.1, 0.15) is 15.9 Å². The summed E-state index contributed by atoms with van der Waals surface area (Å²) in [6, 6.07) is 3.82. The highest BCUT2D eigenvalue weighted by Crippen LogP contribution is 2.26. The van der Waals surface area contributed by atoms with E-state index in [0.717, 1.165) is 24.3 Å².